The van der Waals surface area contributed by atoms with Gasteiger partial charge in [0.2, 0.25) is 5.91 Å². The lowest BCUT2D eigenvalue weighted by molar-refractivity contribution is -0.120. The van der Waals surface area contributed by atoms with Crippen LogP contribution in [0.4, 0.5) is 0 Å². The zero-order valence-corrected chi connectivity index (χ0v) is 13.1. The first-order chi connectivity index (χ1) is 11.3. The summed E-state index contributed by atoms with van der Waals surface area (Å²) in [6, 6.07) is 19.2. The number of hydrogen-bond donors (Lipinski definition) is 2. The number of benzene rings is 2. The second kappa shape index (κ2) is 9.41. The van der Waals surface area contributed by atoms with Crippen molar-refractivity contribution in [2.75, 3.05) is 13.1 Å². The molecule has 4 heteroatoms. The van der Waals surface area contributed by atoms with Crippen LogP contribution in [0, 0.1) is 0 Å². The lowest BCUT2D eigenvalue weighted by Crippen LogP contribution is -2.37. The minimum Gasteiger partial charge on any atom is -0.355 e. The Balaban J connectivity index is 1.56. The van der Waals surface area contributed by atoms with Gasteiger partial charge in [0.25, 0.3) is 5.91 Å². The molecular weight excluding hydrogens is 288 g/mol. The molecule has 0 fully saturated rings. The van der Waals surface area contributed by atoms with Crippen LogP contribution >= 0.6 is 0 Å². The van der Waals surface area contributed by atoms with Crippen LogP contribution in [-0.4, -0.2) is 24.9 Å². The number of unbranched alkanes of at least 4 members (excludes halogenated alkanes) is 1. The Morgan fingerprint density at radius 3 is 2.13 bits per heavy atom. The van der Waals surface area contributed by atoms with Gasteiger partial charge in [0, 0.05) is 12.1 Å². The maximum absolute atomic E-state index is 11.8. The lowest BCUT2D eigenvalue weighted by Gasteiger charge is -2.07. The number of carbonyl (C=O) groups excluding carboxylic acids is 2. The first-order valence-electron chi connectivity index (χ1n) is 7.89. The predicted molar refractivity (Wildman–Crippen MR) is 91.2 cm³/mol. The molecular formula is C19H22N2O2. The predicted octanol–water partition coefficient (Wildman–Crippen LogP) is 2.56. The molecule has 2 rings (SSSR count). The van der Waals surface area contributed by atoms with Crippen LogP contribution in [0.3, 0.4) is 0 Å². The maximum Gasteiger partial charge on any atom is 0.251 e. The molecule has 2 amide bonds. The van der Waals surface area contributed by atoms with E-state index in [1.807, 2.05) is 24.3 Å². The largest absolute Gasteiger partial charge is 0.355 e. The highest BCUT2D eigenvalue weighted by Gasteiger charge is 2.06. The van der Waals surface area contributed by atoms with E-state index in [4.69, 9.17) is 0 Å². The zero-order valence-electron chi connectivity index (χ0n) is 13.1. The van der Waals surface area contributed by atoms with Crippen molar-refractivity contribution < 1.29 is 9.59 Å². The van der Waals surface area contributed by atoms with Gasteiger partial charge in [-0.2, -0.15) is 0 Å². The van der Waals surface area contributed by atoms with Crippen molar-refractivity contribution in [2.45, 2.75) is 19.3 Å². The van der Waals surface area contributed by atoms with Crippen molar-refractivity contribution in [3.63, 3.8) is 0 Å². The van der Waals surface area contributed by atoms with E-state index >= 15 is 0 Å². The van der Waals surface area contributed by atoms with Crippen LogP contribution in [-0.2, 0) is 11.2 Å². The van der Waals surface area contributed by atoms with Crippen molar-refractivity contribution in [3.05, 3.63) is 71.8 Å². The smallest absolute Gasteiger partial charge is 0.251 e. The number of aryl methyl sites for hydroxylation is 1. The van der Waals surface area contributed by atoms with Gasteiger partial charge in [0.05, 0.1) is 6.54 Å². The van der Waals surface area contributed by atoms with Crippen molar-refractivity contribution >= 4 is 11.8 Å². The van der Waals surface area contributed by atoms with Crippen molar-refractivity contribution in [1.29, 1.82) is 0 Å². The molecule has 120 valence electrons. The number of rotatable bonds is 8. The van der Waals surface area contributed by atoms with Crippen LogP contribution in [0.2, 0.25) is 0 Å². The van der Waals surface area contributed by atoms with Gasteiger partial charge in [0.1, 0.15) is 0 Å². The fourth-order valence-corrected chi connectivity index (χ4v) is 2.24. The Labute approximate surface area is 136 Å². The fraction of sp³-hybridized carbons (Fsp3) is 0.263. The van der Waals surface area contributed by atoms with E-state index in [0.29, 0.717) is 12.1 Å². The van der Waals surface area contributed by atoms with Gasteiger partial charge in [-0.1, -0.05) is 48.5 Å². The summed E-state index contributed by atoms with van der Waals surface area (Å²) in [6.07, 6.45) is 2.97. The second-order valence-corrected chi connectivity index (χ2v) is 5.34. The summed E-state index contributed by atoms with van der Waals surface area (Å²) in [5.74, 6) is -0.390. The fourth-order valence-electron chi connectivity index (χ4n) is 2.24. The first-order valence-corrected chi connectivity index (χ1v) is 7.89. The van der Waals surface area contributed by atoms with Gasteiger partial charge in [-0.15, -0.1) is 0 Å². The Morgan fingerprint density at radius 1 is 0.783 bits per heavy atom. The third-order valence-corrected chi connectivity index (χ3v) is 3.50. The number of amides is 2. The average molecular weight is 310 g/mol. The molecule has 4 nitrogen and oxygen atoms in total. The lowest BCUT2D eigenvalue weighted by atomic mass is 10.1. The summed E-state index contributed by atoms with van der Waals surface area (Å²) < 4.78 is 0. The highest BCUT2D eigenvalue weighted by molar-refractivity contribution is 5.96. The third kappa shape index (κ3) is 6.34. The summed E-state index contributed by atoms with van der Waals surface area (Å²) in [5, 5.41) is 5.44. The summed E-state index contributed by atoms with van der Waals surface area (Å²) in [4.78, 5) is 23.5. The minimum atomic E-state index is -0.232. The molecule has 0 aliphatic carbocycles. The molecule has 0 saturated heterocycles. The van der Waals surface area contributed by atoms with E-state index in [1.54, 1.807) is 24.3 Å². The van der Waals surface area contributed by atoms with E-state index in [9.17, 15) is 9.59 Å². The number of hydrogen-bond acceptors (Lipinski definition) is 2. The standard InChI is InChI=1S/C19H22N2O2/c22-18(15-21-19(23)17-12-5-2-6-13-17)20-14-8-7-11-16-9-3-1-4-10-16/h1-6,9-10,12-13H,7-8,11,14-15H2,(H,20,22)(H,21,23). The van der Waals surface area contributed by atoms with Gasteiger partial charge >= 0.3 is 0 Å². The summed E-state index contributed by atoms with van der Waals surface area (Å²) in [5.41, 5.74) is 1.87. The summed E-state index contributed by atoms with van der Waals surface area (Å²) >= 11 is 0. The number of carbonyl (C=O) groups is 2. The van der Waals surface area contributed by atoms with Gasteiger partial charge in [0.15, 0.2) is 0 Å². The van der Waals surface area contributed by atoms with E-state index in [1.165, 1.54) is 5.56 Å². The molecule has 0 aromatic heterocycles. The van der Waals surface area contributed by atoms with Crippen LogP contribution < -0.4 is 10.6 Å². The van der Waals surface area contributed by atoms with E-state index in [-0.39, 0.29) is 18.4 Å². The molecule has 2 N–H and O–H groups in total. The maximum atomic E-state index is 11.8. The zero-order chi connectivity index (χ0) is 16.3. The Hall–Kier alpha value is -2.62. The van der Waals surface area contributed by atoms with Gasteiger partial charge in [-0.3, -0.25) is 9.59 Å². The van der Waals surface area contributed by atoms with Crippen molar-refractivity contribution in [1.82, 2.24) is 10.6 Å². The first kappa shape index (κ1) is 16.7. The molecule has 0 aliphatic rings. The van der Waals surface area contributed by atoms with Crippen LogP contribution in [0.5, 0.6) is 0 Å². The van der Waals surface area contributed by atoms with Crippen LogP contribution in [0.15, 0.2) is 60.7 Å². The van der Waals surface area contributed by atoms with Crippen molar-refractivity contribution in [3.8, 4) is 0 Å². The monoisotopic (exact) mass is 310 g/mol. The average Bonchev–Trinajstić information content (AvgIpc) is 2.61. The molecule has 0 saturated carbocycles. The van der Waals surface area contributed by atoms with Gasteiger partial charge in [-0.05, 0) is 37.0 Å². The molecule has 0 unspecified atom stereocenters. The van der Waals surface area contributed by atoms with Crippen LogP contribution in [0.25, 0.3) is 0 Å². The second-order valence-electron chi connectivity index (χ2n) is 5.34. The molecule has 0 heterocycles. The molecule has 0 atom stereocenters. The molecule has 2 aromatic carbocycles. The Kier molecular flexibility index (Phi) is 6.85. The highest BCUT2D eigenvalue weighted by Crippen LogP contribution is 2.03. The third-order valence-electron chi connectivity index (χ3n) is 3.50. The summed E-state index contributed by atoms with van der Waals surface area (Å²) in [6.45, 7) is 0.638. The van der Waals surface area contributed by atoms with Crippen LogP contribution in [0.1, 0.15) is 28.8 Å². The van der Waals surface area contributed by atoms with Crippen molar-refractivity contribution in [2.24, 2.45) is 0 Å². The SMILES string of the molecule is O=C(CNC(=O)c1ccccc1)NCCCCc1ccccc1. The van der Waals surface area contributed by atoms with E-state index < -0.39 is 0 Å². The van der Waals surface area contributed by atoms with Gasteiger partial charge in [-0.25, -0.2) is 0 Å². The van der Waals surface area contributed by atoms with Gasteiger partial charge < -0.3 is 10.6 Å². The molecule has 0 aliphatic heterocycles. The molecule has 23 heavy (non-hydrogen) atoms. The topological polar surface area (TPSA) is 58.2 Å². The summed E-state index contributed by atoms with van der Waals surface area (Å²) in [7, 11) is 0. The van der Waals surface area contributed by atoms with E-state index in [0.717, 1.165) is 19.3 Å². The minimum absolute atomic E-state index is 0.00636. The Bertz CT molecular complexity index is 612. The molecule has 2 aromatic rings. The number of nitrogens with one attached hydrogen (secondary N) is 2. The molecule has 0 bridgehead atoms. The normalized spacial score (nSPS) is 10.1. The quantitative estimate of drug-likeness (QED) is 0.736. The Morgan fingerprint density at radius 2 is 1.43 bits per heavy atom. The van der Waals surface area contributed by atoms with E-state index in [2.05, 4.69) is 22.8 Å². The molecule has 0 radical (unpaired) electrons. The molecule has 0 spiro atoms. The highest BCUT2D eigenvalue weighted by atomic mass is 16.2.